The second-order valence-electron chi connectivity index (χ2n) is 7.32. The molecule has 0 radical (unpaired) electrons. The molecule has 1 aromatic heterocycles. The highest BCUT2D eigenvalue weighted by molar-refractivity contribution is 5.99. The normalized spacial score (nSPS) is 20.6. The number of aromatic nitrogens is 1. The van der Waals surface area contributed by atoms with E-state index in [0.717, 1.165) is 12.8 Å². The summed E-state index contributed by atoms with van der Waals surface area (Å²) in [5.41, 5.74) is -0.0362. The van der Waals surface area contributed by atoms with Crippen LogP contribution < -0.4 is 15.6 Å². The van der Waals surface area contributed by atoms with Crippen LogP contribution in [0.1, 0.15) is 43.1 Å². The Hall–Kier alpha value is -2.41. The van der Waals surface area contributed by atoms with E-state index in [1.54, 1.807) is 4.57 Å². The first kappa shape index (κ1) is 17.0. The summed E-state index contributed by atoms with van der Waals surface area (Å²) >= 11 is 0. The fraction of sp³-hybridized carbons (Fsp3) is 0.474. The van der Waals surface area contributed by atoms with E-state index in [0.29, 0.717) is 25.2 Å². The summed E-state index contributed by atoms with van der Waals surface area (Å²) in [4.78, 5) is 26.3. The van der Waals surface area contributed by atoms with E-state index in [-0.39, 0.29) is 40.3 Å². The number of ketones is 1. The Morgan fingerprint density at radius 1 is 1.38 bits per heavy atom. The van der Waals surface area contributed by atoms with E-state index in [1.165, 1.54) is 19.2 Å². The van der Waals surface area contributed by atoms with Crippen molar-refractivity contribution in [3.05, 3.63) is 33.9 Å². The number of carbonyl (C=O) groups excluding carboxylic acids is 1. The van der Waals surface area contributed by atoms with Gasteiger partial charge in [-0.25, -0.2) is 4.39 Å². The molecule has 1 aliphatic heterocycles. The number of phenols is 1. The van der Waals surface area contributed by atoms with Gasteiger partial charge in [-0.05, 0) is 32.8 Å². The number of halogens is 1. The van der Waals surface area contributed by atoms with Crippen LogP contribution in [0.2, 0.25) is 0 Å². The van der Waals surface area contributed by atoms with Crippen molar-refractivity contribution in [3.63, 3.8) is 0 Å². The lowest BCUT2D eigenvalue weighted by Crippen LogP contribution is -2.49. The van der Waals surface area contributed by atoms with E-state index in [1.807, 2.05) is 11.8 Å². The molecule has 1 saturated heterocycles. The number of pyridine rings is 1. The number of rotatable bonds is 3. The third kappa shape index (κ3) is 2.67. The molecule has 26 heavy (non-hydrogen) atoms. The fourth-order valence-electron chi connectivity index (χ4n) is 3.79. The summed E-state index contributed by atoms with van der Waals surface area (Å²) in [6.07, 6.45) is 3.34. The molecule has 0 amide bonds. The summed E-state index contributed by atoms with van der Waals surface area (Å²) in [6, 6.07) is 1.47. The van der Waals surface area contributed by atoms with Gasteiger partial charge in [0, 0.05) is 37.9 Å². The predicted octanol–water partition coefficient (Wildman–Crippen LogP) is 2.18. The molecule has 2 fully saturated rings. The van der Waals surface area contributed by atoms with Crippen molar-refractivity contribution in [2.24, 2.45) is 0 Å². The van der Waals surface area contributed by atoms with Crippen molar-refractivity contribution in [1.29, 1.82) is 0 Å². The first-order valence-corrected chi connectivity index (χ1v) is 8.98. The summed E-state index contributed by atoms with van der Waals surface area (Å²) < 4.78 is 16.7. The average Bonchev–Trinajstić information content (AvgIpc) is 3.40. The maximum absolute atomic E-state index is 14.9. The van der Waals surface area contributed by atoms with Crippen LogP contribution in [0.4, 0.5) is 10.1 Å². The third-order valence-electron chi connectivity index (χ3n) is 5.22. The van der Waals surface area contributed by atoms with Gasteiger partial charge in [-0.2, -0.15) is 0 Å². The van der Waals surface area contributed by atoms with Crippen LogP contribution in [0.15, 0.2) is 17.1 Å². The van der Waals surface area contributed by atoms with Gasteiger partial charge >= 0.3 is 0 Å². The lowest BCUT2D eigenvalue weighted by molar-refractivity contribution is 0.101. The van der Waals surface area contributed by atoms with Gasteiger partial charge in [-0.15, -0.1) is 0 Å². The van der Waals surface area contributed by atoms with Crippen LogP contribution in [0.5, 0.6) is 5.75 Å². The molecule has 138 valence electrons. The number of piperazine rings is 1. The average molecular weight is 359 g/mol. The highest BCUT2D eigenvalue weighted by Crippen LogP contribution is 2.43. The molecule has 1 saturated carbocycles. The number of phenolic OH excluding ortho intramolecular Hbond substituents is 1. The largest absolute Gasteiger partial charge is 0.504 e. The van der Waals surface area contributed by atoms with Gasteiger partial charge in [0.25, 0.3) is 0 Å². The Bertz CT molecular complexity index is 965. The molecular formula is C19H22FN3O3. The van der Waals surface area contributed by atoms with E-state index in [2.05, 4.69) is 5.32 Å². The highest BCUT2D eigenvalue weighted by atomic mass is 19.1. The Morgan fingerprint density at radius 3 is 2.73 bits per heavy atom. The first-order valence-electron chi connectivity index (χ1n) is 8.98. The molecule has 1 aromatic carbocycles. The smallest absolute Gasteiger partial charge is 0.200 e. The maximum Gasteiger partial charge on any atom is 0.200 e. The topological polar surface area (TPSA) is 74.6 Å². The third-order valence-corrected chi connectivity index (χ3v) is 5.22. The zero-order valence-electron chi connectivity index (χ0n) is 14.9. The standard InChI is InChI=1S/C19H22FN3O3/c1-10-8-22(6-5-21-10)17-15(20)7-13-16(19(17)26)23(12-3-4-12)9-14(11(2)24)18(13)25/h7,9-10,12,21,26H,3-6,8H2,1-2H3. The Labute approximate surface area is 150 Å². The number of benzene rings is 1. The number of hydrogen-bond donors (Lipinski definition) is 2. The number of anilines is 1. The van der Waals surface area contributed by atoms with E-state index < -0.39 is 11.2 Å². The van der Waals surface area contributed by atoms with Gasteiger partial charge in [-0.1, -0.05) is 0 Å². The van der Waals surface area contributed by atoms with E-state index in [9.17, 15) is 19.1 Å². The molecule has 2 heterocycles. The Kier molecular flexibility index (Phi) is 3.99. The Morgan fingerprint density at radius 2 is 2.12 bits per heavy atom. The lowest BCUT2D eigenvalue weighted by Gasteiger charge is -2.34. The molecule has 2 aliphatic rings. The van der Waals surface area contributed by atoms with Gasteiger partial charge < -0.3 is 19.9 Å². The number of aromatic hydroxyl groups is 1. The molecule has 4 rings (SSSR count). The molecule has 2 N–H and O–H groups in total. The molecule has 0 spiro atoms. The maximum atomic E-state index is 14.9. The SMILES string of the molecule is CC(=O)c1cn(C2CC2)c2c(O)c(N3CCNC(C)C3)c(F)cc2c1=O. The molecular weight excluding hydrogens is 337 g/mol. The molecule has 6 nitrogen and oxygen atoms in total. The van der Waals surface area contributed by atoms with Crippen molar-refractivity contribution in [3.8, 4) is 5.75 Å². The van der Waals surface area contributed by atoms with Gasteiger partial charge in [0.05, 0.1) is 16.5 Å². The number of carbonyl (C=O) groups is 1. The van der Waals surface area contributed by atoms with Crippen molar-refractivity contribution >= 4 is 22.4 Å². The van der Waals surface area contributed by atoms with E-state index in [4.69, 9.17) is 0 Å². The van der Waals surface area contributed by atoms with Crippen molar-refractivity contribution in [1.82, 2.24) is 9.88 Å². The van der Waals surface area contributed by atoms with Crippen LogP contribution >= 0.6 is 0 Å². The first-order chi connectivity index (χ1) is 12.4. The van der Waals surface area contributed by atoms with Crippen LogP contribution in [0.3, 0.4) is 0 Å². The summed E-state index contributed by atoms with van der Waals surface area (Å²) in [7, 11) is 0. The number of Topliss-reactive ketones (excluding diaryl/α,β-unsaturated/α-hetero) is 1. The van der Waals surface area contributed by atoms with Crippen molar-refractivity contribution in [2.45, 2.75) is 38.8 Å². The van der Waals surface area contributed by atoms with Crippen molar-refractivity contribution < 1.29 is 14.3 Å². The van der Waals surface area contributed by atoms with Gasteiger partial charge in [-0.3, -0.25) is 9.59 Å². The number of hydrogen-bond acceptors (Lipinski definition) is 5. The molecule has 2 aromatic rings. The quantitative estimate of drug-likeness (QED) is 0.822. The van der Waals surface area contributed by atoms with Crippen LogP contribution in [0.25, 0.3) is 10.9 Å². The minimum atomic E-state index is -0.635. The predicted molar refractivity (Wildman–Crippen MR) is 97.8 cm³/mol. The number of fused-ring (bicyclic) bond motifs is 1. The van der Waals surface area contributed by atoms with Gasteiger partial charge in [0.1, 0.15) is 5.69 Å². The van der Waals surface area contributed by atoms with Crippen LogP contribution in [-0.2, 0) is 0 Å². The molecule has 1 atom stereocenters. The Balaban J connectivity index is 2.00. The zero-order chi connectivity index (χ0) is 18.6. The van der Waals surface area contributed by atoms with Crippen molar-refractivity contribution in [2.75, 3.05) is 24.5 Å². The monoisotopic (exact) mass is 359 g/mol. The second-order valence-corrected chi connectivity index (χ2v) is 7.32. The molecule has 1 aliphatic carbocycles. The number of nitrogens with one attached hydrogen (secondary N) is 1. The zero-order valence-corrected chi connectivity index (χ0v) is 14.9. The summed E-state index contributed by atoms with van der Waals surface area (Å²) in [5.74, 6) is -1.20. The van der Waals surface area contributed by atoms with Crippen LogP contribution in [0, 0.1) is 5.82 Å². The van der Waals surface area contributed by atoms with E-state index >= 15 is 0 Å². The second kappa shape index (κ2) is 6.09. The van der Waals surface area contributed by atoms with Crippen LogP contribution in [-0.4, -0.2) is 41.1 Å². The lowest BCUT2D eigenvalue weighted by atomic mass is 10.1. The van der Waals surface area contributed by atoms with Gasteiger partial charge in [0.15, 0.2) is 22.8 Å². The van der Waals surface area contributed by atoms with Gasteiger partial charge in [0.2, 0.25) is 0 Å². The fourth-order valence-corrected chi connectivity index (χ4v) is 3.79. The number of nitrogens with zero attached hydrogens (tertiary/aromatic N) is 2. The molecule has 7 heteroatoms. The summed E-state index contributed by atoms with van der Waals surface area (Å²) in [6.45, 7) is 5.15. The highest BCUT2D eigenvalue weighted by Gasteiger charge is 2.31. The minimum Gasteiger partial charge on any atom is -0.504 e. The molecule has 1 unspecified atom stereocenters. The summed E-state index contributed by atoms with van der Waals surface area (Å²) in [5, 5.41) is 14.3. The minimum absolute atomic E-state index is 0.0340. The molecule has 0 bridgehead atoms.